The standard InChI is InChI=1S/C28H34N2O7S/c1-6-9-10-11-18-12-14-20(29-24(31)7-2)26-25(18)27(32)30(28(26)33)21(17-38(5,34)35)19-13-15-22(36-4)23(16-19)37-8-3/h7,12-16,21H,2,6,8-11,17H2,1,3-5H3,(H,29,31)/t21-/m1/s1. The molecule has 2 aromatic carbocycles. The van der Waals surface area contributed by atoms with Crippen molar-refractivity contribution in [3.63, 3.8) is 0 Å². The summed E-state index contributed by atoms with van der Waals surface area (Å²) >= 11 is 0. The minimum Gasteiger partial charge on any atom is -0.493 e. The Morgan fingerprint density at radius 3 is 2.39 bits per heavy atom. The second kappa shape index (κ2) is 12.3. The molecule has 9 nitrogen and oxygen atoms in total. The summed E-state index contributed by atoms with van der Waals surface area (Å²) in [6, 6.07) is 7.01. The summed E-state index contributed by atoms with van der Waals surface area (Å²) in [7, 11) is -2.16. The molecule has 3 rings (SSSR count). The highest BCUT2D eigenvalue weighted by molar-refractivity contribution is 7.90. The number of unbranched alkanes of at least 4 members (excludes halogenated alkanes) is 2. The molecule has 0 fully saturated rings. The van der Waals surface area contributed by atoms with Gasteiger partial charge in [0.05, 0.1) is 42.3 Å². The van der Waals surface area contributed by atoms with Gasteiger partial charge in [0.25, 0.3) is 11.8 Å². The van der Waals surface area contributed by atoms with E-state index in [0.29, 0.717) is 35.7 Å². The van der Waals surface area contributed by atoms with E-state index in [2.05, 4.69) is 18.8 Å². The van der Waals surface area contributed by atoms with E-state index < -0.39 is 39.4 Å². The first kappa shape index (κ1) is 28.9. The molecule has 2 aromatic rings. The molecule has 10 heteroatoms. The molecule has 0 saturated carbocycles. The second-order valence-corrected chi connectivity index (χ2v) is 11.3. The van der Waals surface area contributed by atoms with E-state index in [1.54, 1.807) is 37.3 Å². The average Bonchev–Trinajstić information content (AvgIpc) is 3.14. The first-order valence-corrected chi connectivity index (χ1v) is 14.6. The Balaban J connectivity index is 2.18. The Labute approximate surface area is 223 Å². The van der Waals surface area contributed by atoms with Crippen LogP contribution in [-0.2, 0) is 21.1 Å². The highest BCUT2D eigenvalue weighted by Crippen LogP contribution is 2.40. The molecule has 38 heavy (non-hydrogen) atoms. The number of benzene rings is 2. The monoisotopic (exact) mass is 542 g/mol. The van der Waals surface area contributed by atoms with Gasteiger partial charge >= 0.3 is 0 Å². The molecule has 1 N–H and O–H groups in total. The number of carbonyl (C=O) groups is 3. The van der Waals surface area contributed by atoms with Gasteiger partial charge in [-0.15, -0.1) is 0 Å². The van der Waals surface area contributed by atoms with Crippen molar-refractivity contribution >= 4 is 33.2 Å². The molecule has 0 bridgehead atoms. The van der Waals surface area contributed by atoms with Gasteiger partial charge in [0.1, 0.15) is 9.84 Å². The molecule has 3 amide bonds. The molecule has 1 atom stereocenters. The highest BCUT2D eigenvalue weighted by atomic mass is 32.2. The minimum atomic E-state index is -3.65. The maximum Gasteiger partial charge on any atom is 0.264 e. The molecule has 0 aromatic heterocycles. The van der Waals surface area contributed by atoms with Crippen molar-refractivity contribution in [1.82, 2.24) is 4.90 Å². The van der Waals surface area contributed by atoms with Gasteiger partial charge in [0.15, 0.2) is 11.5 Å². The Bertz CT molecular complexity index is 1350. The summed E-state index contributed by atoms with van der Waals surface area (Å²) < 4.78 is 36.0. The normalized spacial score (nSPS) is 13.7. The second-order valence-electron chi connectivity index (χ2n) is 9.10. The van der Waals surface area contributed by atoms with Crippen molar-refractivity contribution in [2.24, 2.45) is 0 Å². The van der Waals surface area contributed by atoms with Crippen molar-refractivity contribution in [2.75, 3.05) is 31.0 Å². The molecular formula is C28H34N2O7S. The third-order valence-electron chi connectivity index (χ3n) is 6.29. The number of methoxy groups -OCH3 is 1. The van der Waals surface area contributed by atoms with Crippen LogP contribution in [0.25, 0.3) is 0 Å². The maximum atomic E-state index is 13.9. The van der Waals surface area contributed by atoms with E-state index in [1.165, 1.54) is 7.11 Å². The lowest BCUT2D eigenvalue weighted by Gasteiger charge is -2.27. The zero-order chi connectivity index (χ0) is 28.0. The van der Waals surface area contributed by atoms with Crippen LogP contribution in [0.15, 0.2) is 43.0 Å². The minimum absolute atomic E-state index is 0.0521. The van der Waals surface area contributed by atoms with Crippen molar-refractivity contribution < 1.29 is 32.3 Å². The first-order valence-electron chi connectivity index (χ1n) is 12.5. The molecule has 204 valence electrons. The SMILES string of the molecule is C=CC(=O)Nc1ccc(CCCCC)c2c1C(=O)N([C@H](CS(C)(=O)=O)c1ccc(OC)c(OCC)c1)C2=O. The molecule has 1 aliphatic rings. The summed E-state index contributed by atoms with van der Waals surface area (Å²) in [5.74, 6) is -1.51. The topological polar surface area (TPSA) is 119 Å². The number of hydrogen-bond donors (Lipinski definition) is 1. The Kier molecular flexibility index (Phi) is 9.32. The van der Waals surface area contributed by atoms with E-state index >= 15 is 0 Å². The fourth-order valence-electron chi connectivity index (χ4n) is 4.57. The van der Waals surface area contributed by atoms with Gasteiger partial charge in [0, 0.05) is 6.26 Å². The Morgan fingerprint density at radius 2 is 1.79 bits per heavy atom. The van der Waals surface area contributed by atoms with Gasteiger partial charge in [-0.3, -0.25) is 19.3 Å². The third-order valence-corrected chi connectivity index (χ3v) is 7.22. The number of hydrogen-bond acceptors (Lipinski definition) is 7. The van der Waals surface area contributed by atoms with E-state index in [9.17, 15) is 22.8 Å². The molecule has 0 radical (unpaired) electrons. The number of imide groups is 1. The van der Waals surface area contributed by atoms with Gasteiger partial charge in [-0.05, 0) is 55.2 Å². The smallest absolute Gasteiger partial charge is 0.264 e. The maximum absolute atomic E-state index is 13.9. The fourth-order valence-corrected chi connectivity index (χ4v) is 5.48. The molecule has 1 aliphatic heterocycles. The highest BCUT2D eigenvalue weighted by Gasteiger charge is 2.44. The van der Waals surface area contributed by atoms with Crippen molar-refractivity contribution in [3.8, 4) is 11.5 Å². The Hall–Kier alpha value is -3.66. The molecular weight excluding hydrogens is 508 g/mol. The van der Waals surface area contributed by atoms with Crippen LogP contribution in [0.4, 0.5) is 5.69 Å². The van der Waals surface area contributed by atoms with Gasteiger partial charge in [-0.2, -0.15) is 0 Å². The zero-order valence-electron chi connectivity index (χ0n) is 22.2. The predicted molar refractivity (Wildman–Crippen MR) is 146 cm³/mol. The van der Waals surface area contributed by atoms with Gasteiger partial charge in [-0.25, -0.2) is 8.42 Å². The number of rotatable bonds is 13. The van der Waals surface area contributed by atoms with Crippen molar-refractivity contribution in [1.29, 1.82) is 0 Å². The van der Waals surface area contributed by atoms with Gasteiger partial charge in [0.2, 0.25) is 5.91 Å². The van der Waals surface area contributed by atoms with E-state index in [4.69, 9.17) is 9.47 Å². The summed E-state index contributed by atoms with van der Waals surface area (Å²) in [5.41, 5.74) is 1.49. The number of nitrogens with zero attached hydrogens (tertiary/aromatic N) is 1. The van der Waals surface area contributed by atoms with Crippen LogP contribution in [0.2, 0.25) is 0 Å². The van der Waals surface area contributed by atoms with Crippen LogP contribution in [-0.4, -0.2) is 56.8 Å². The lowest BCUT2D eigenvalue weighted by molar-refractivity contribution is -0.111. The van der Waals surface area contributed by atoms with Crippen LogP contribution in [0.1, 0.15) is 71.0 Å². The number of ether oxygens (including phenoxy) is 2. The van der Waals surface area contributed by atoms with E-state index in [-0.39, 0.29) is 16.8 Å². The number of nitrogens with one attached hydrogen (secondary N) is 1. The van der Waals surface area contributed by atoms with Crippen LogP contribution in [0.5, 0.6) is 11.5 Å². The number of fused-ring (bicyclic) bond motifs is 1. The summed E-state index contributed by atoms with van der Waals surface area (Å²) in [5, 5.41) is 2.61. The van der Waals surface area contributed by atoms with Crippen molar-refractivity contribution in [3.05, 3.63) is 65.2 Å². The van der Waals surface area contributed by atoms with E-state index in [0.717, 1.165) is 36.5 Å². The largest absolute Gasteiger partial charge is 0.493 e. The van der Waals surface area contributed by atoms with Crippen LogP contribution in [0.3, 0.4) is 0 Å². The summed E-state index contributed by atoms with van der Waals surface area (Å²) in [6.07, 6.45) is 5.41. The lowest BCUT2D eigenvalue weighted by Crippen LogP contribution is -2.38. The summed E-state index contributed by atoms with van der Waals surface area (Å²) in [4.78, 5) is 40.9. The number of anilines is 1. The molecule has 0 saturated heterocycles. The zero-order valence-corrected chi connectivity index (χ0v) is 23.0. The Morgan fingerprint density at radius 1 is 1.08 bits per heavy atom. The van der Waals surface area contributed by atoms with Gasteiger partial charge < -0.3 is 14.8 Å². The molecule has 1 heterocycles. The lowest BCUT2D eigenvalue weighted by atomic mass is 9.96. The van der Waals surface area contributed by atoms with Crippen LogP contribution >= 0.6 is 0 Å². The van der Waals surface area contributed by atoms with Crippen LogP contribution < -0.4 is 14.8 Å². The average molecular weight is 543 g/mol. The quantitative estimate of drug-likeness (QED) is 0.227. The molecule has 0 unspecified atom stereocenters. The number of amides is 3. The van der Waals surface area contributed by atoms with Gasteiger partial charge in [-0.1, -0.05) is 38.5 Å². The number of aryl methyl sites for hydroxylation is 1. The summed E-state index contributed by atoms with van der Waals surface area (Å²) in [6.45, 7) is 7.64. The number of sulfone groups is 1. The fraction of sp³-hybridized carbons (Fsp3) is 0.393. The van der Waals surface area contributed by atoms with Crippen molar-refractivity contribution in [2.45, 2.75) is 45.6 Å². The van der Waals surface area contributed by atoms with E-state index in [1.807, 2.05) is 0 Å². The molecule has 0 aliphatic carbocycles. The third kappa shape index (κ3) is 6.24. The first-order chi connectivity index (χ1) is 18.1. The van der Waals surface area contributed by atoms with Crippen LogP contribution in [0, 0.1) is 0 Å². The molecule has 0 spiro atoms. The number of carbonyl (C=O) groups excluding carboxylic acids is 3. The predicted octanol–water partition coefficient (Wildman–Crippen LogP) is 4.33.